The van der Waals surface area contributed by atoms with Crippen LogP contribution in [0.25, 0.3) is 28.5 Å². The first-order valence-corrected chi connectivity index (χ1v) is 18.4. The molecule has 0 bridgehead atoms. The van der Waals surface area contributed by atoms with Crippen molar-refractivity contribution in [1.29, 1.82) is 0 Å². The van der Waals surface area contributed by atoms with Gasteiger partial charge in [-0.15, -0.1) is 10.2 Å². The highest BCUT2D eigenvalue weighted by molar-refractivity contribution is 6.01. The molecule has 51 heavy (non-hydrogen) atoms. The molecule has 1 aliphatic heterocycles. The van der Waals surface area contributed by atoms with Gasteiger partial charge in [0.1, 0.15) is 0 Å². The summed E-state index contributed by atoms with van der Waals surface area (Å²) in [6.45, 7) is 16.0. The molecule has 5 nitrogen and oxygen atoms in total. The lowest BCUT2D eigenvalue weighted by atomic mass is 10.0. The van der Waals surface area contributed by atoms with Gasteiger partial charge in [0.15, 0.2) is 11.6 Å². The second kappa shape index (κ2) is 19.3. The van der Waals surface area contributed by atoms with Crippen LogP contribution in [-0.2, 0) is 0 Å². The van der Waals surface area contributed by atoms with E-state index in [9.17, 15) is 0 Å². The Morgan fingerprint density at radius 3 is 0.980 bits per heavy atom. The molecule has 0 saturated heterocycles. The number of hydrogen-bond donors (Lipinski definition) is 0. The number of aromatic nitrogens is 3. The highest BCUT2D eigenvalue weighted by Gasteiger charge is 2.30. The summed E-state index contributed by atoms with van der Waals surface area (Å²) in [6.07, 6.45) is 0. The topological polar surface area (TPSA) is 37.2 Å². The summed E-state index contributed by atoms with van der Waals surface area (Å²) in [5.74, 6) is 1.61. The number of hydrogen-bond acceptors (Lipinski definition) is 4. The van der Waals surface area contributed by atoms with Crippen molar-refractivity contribution in [2.75, 3.05) is 9.80 Å². The van der Waals surface area contributed by atoms with Gasteiger partial charge in [0.25, 0.3) is 0 Å². The number of anilines is 6. The summed E-state index contributed by atoms with van der Waals surface area (Å²) in [4.78, 5) is 4.67. The van der Waals surface area contributed by atoms with Crippen LogP contribution in [0.4, 0.5) is 34.1 Å². The zero-order valence-electron chi connectivity index (χ0n) is 31.3. The van der Waals surface area contributed by atoms with E-state index in [1.807, 2.05) is 91.8 Å². The van der Waals surface area contributed by atoms with Crippen molar-refractivity contribution in [3.63, 3.8) is 0 Å². The molecule has 0 aliphatic carbocycles. The molecule has 5 heteroatoms. The average molecular weight is 674 g/mol. The Labute approximate surface area is 305 Å². The van der Waals surface area contributed by atoms with E-state index in [0.29, 0.717) is 0 Å². The molecule has 0 fully saturated rings. The molecule has 0 spiro atoms. The van der Waals surface area contributed by atoms with E-state index >= 15 is 0 Å². The van der Waals surface area contributed by atoms with Crippen molar-refractivity contribution in [2.45, 2.75) is 55.4 Å². The summed E-state index contributed by atoms with van der Waals surface area (Å²) in [5, 5.41) is 9.33. The number of rotatable bonds is 5. The third-order valence-electron chi connectivity index (χ3n) is 7.83. The molecule has 0 amide bonds. The third kappa shape index (κ3) is 7.94. The maximum atomic E-state index is 4.69. The van der Waals surface area contributed by atoms with Crippen molar-refractivity contribution in [3.05, 3.63) is 164 Å². The molecule has 7 aromatic rings. The predicted octanol–water partition coefficient (Wildman–Crippen LogP) is 14.0. The normalized spacial score (nSPS) is 10.7. The molecule has 6 aromatic carbocycles. The zero-order chi connectivity index (χ0) is 36.6. The SMILES string of the molecule is CC.CC.CC.CC.c1ccc(-c2nnc(-c3ccc(N4c5ccccc5N(c5ccccc5)c5ccccc54)cc3)n2-c2ccccc2)cc1. The Morgan fingerprint density at radius 2 is 0.588 bits per heavy atom. The molecule has 1 aromatic heterocycles. The second-order valence-electron chi connectivity index (χ2n) is 10.4. The van der Waals surface area contributed by atoms with Crippen LogP contribution < -0.4 is 9.80 Å². The Hall–Kier alpha value is -5.94. The number of benzene rings is 6. The van der Waals surface area contributed by atoms with E-state index in [0.717, 1.165) is 62.6 Å². The van der Waals surface area contributed by atoms with Crippen molar-refractivity contribution in [2.24, 2.45) is 0 Å². The largest absolute Gasteiger partial charge is 0.306 e. The highest BCUT2D eigenvalue weighted by Crippen LogP contribution is 2.53. The molecule has 1 aliphatic rings. The lowest BCUT2D eigenvalue weighted by molar-refractivity contribution is 1.07. The van der Waals surface area contributed by atoms with Crippen LogP contribution in [0.1, 0.15) is 55.4 Å². The van der Waals surface area contributed by atoms with Gasteiger partial charge in [-0.25, -0.2) is 0 Å². The van der Waals surface area contributed by atoms with Crippen molar-refractivity contribution >= 4 is 34.1 Å². The van der Waals surface area contributed by atoms with Crippen LogP contribution in [0.2, 0.25) is 0 Å². The van der Waals surface area contributed by atoms with Gasteiger partial charge in [0.2, 0.25) is 0 Å². The first-order chi connectivity index (χ1) is 25.4. The van der Waals surface area contributed by atoms with Gasteiger partial charge in [0.05, 0.1) is 22.7 Å². The van der Waals surface area contributed by atoms with Crippen LogP contribution in [0, 0.1) is 0 Å². The molecule has 0 radical (unpaired) electrons. The van der Waals surface area contributed by atoms with Gasteiger partial charge in [-0.2, -0.15) is 0 Å². The fraction of sp³-hybridized carbons (Fsp3) is 0.174. The van der Waals surface area contributed by atoms with Crippen LogP contribution in [0.15, 0.2) is 164 Å². The van der Waals surface area contributed by atoms with Crippen LogP contribution in [0.3, 0.4) is 0 Å². The van der Waals surface area contributed by atoms with E-state index in [1.54, 1.807) is 0 Å². The van der Waals surface area contributed by atoms with Gasteiger partial charge >= 0.3 is 0 Å². The molecule has 0 unspecified atom stereocenters. The van der Waals surface area contributed by atoms with Crippen LogP contribution >= 0.6 is 0 Å². The first kappa shape index (κ1) is 37.9. The Bertz CT molecular complexity index is 1970. The minimum atomic E-state index is 0.798. The van der Waals surface area contributed by atoms with Crippen molar-refractivity contribution in [3.8, 4) is 28.5 Å². The Balaban J connectivity index is 0.000000684. The minimum absolute atomic E-state index is 0.798. The fourth-order valence-corrected chi connectivity index (χ4v) is 5.90. The molecule has 8 rings (SSSR count). The van der Waals surface area contributed by atoms with E-state index in [1.165, 1.54) is 0 Å². The highest BCUT2D eigenvalue weighted by atomic mass is 15.3. The zero-order valence-corrected chi connectivity index (χ0v) is 31.3. The van der Waals surface area contributed by atoms with E-state index < -0.39 is 0 Å². The van der Waals surface area contributed by atoms with Gasteiger partial charge in [-0.3, -0.25) is 4.57 Å². The molecule has 2 heterocycles. The Kier molecular flexibility index (Phi) is 14.3. The monoisotopic (exact) mass is 673 g/mol. The average Bonchev–Trinajstić information content (AvgIpc) is 3.69. The summed E-state index contributed by atoms with van der Waals surface area (Å²) in [7, 11) is 0. The molecule has 0 N–H and O–H groups in total. The van der Waals surface area contributed by atoms with Gasteiger partial charge in [-0.05, 0) is 72.8 Å². The number of fused-ring (bicyclic) bond motifs is 2. The number of para-hydroxylation sites is 6. The maximum absolute atomic E-state index is 4.69. The maximum Gasteiger partial charge on any atom is 0.168 e. The van der Waals surface area contributed by atoms with E-state index in [2.05, 4.69) is 152 Å². The molecule has 0 saturated carbocycles. The van der Waals surface area contributed by atoms with Gasteiger partial charge in [0, 0.05) is 28.2 Å². The summed E-state index contributed by atoms with van der Waals surface area (Å²) in [6, 6.07) is 56.8. The standard InChI is InChI=1S/C38H27N5.4C2H6/c1-4-14-28(15-5-1)37-39-40-38(43(37)31-18-8-3-9-19-31)29-24-26-32(27-25-29)42-35-22-12-10-20-33(35)41(30-16-6-2-7-17-30)34-21-11-13-23-36(34)42;4*1-2/h1-27H;4*1-2H3. The first-order valence-electron chi connectivity index (χ1n) is 18.4. The van der Waals surface area contributed by atoms with Crippen molar-refractivity contribution in [1.82, 2.24) is 14.8 Å². The molecular weight excluding hydrogens is 623 g/mol. The molecule has 260 valence electrons. The summed E-state index contributed by atoms with van der Waals surface area (Å²) >= 11 is 0. The summed E-state index contributed by atoms with van der Waals surface area (Å²) < 4.78 is 2.13. The lowest BCUT2D eigenvalue weighted by Gasteiger charge is -2.40. The van der Waals surface area contributed by atoms with E-state index in [-0.39, 0.29) is 0 Å². The molecule has 0 atom stereocenters. The molecular formula is C46H51N5. The van der Waals surface area contributed by atoms with Crippen molar-refractivity contribution < 1.29 is 0 Å². The van der Waals surface area contributed by atoms with Crippen LogP contribution in [-0.4, -0.2) is 14.8 Å². The van der Waals surface area contributed by atoms with E-state index in [4.69, 9.17) is 0 Å². The predicted molar refractivity (Wildman–Crippen MR) is 221 cm³/mol. The minimum Gasteiger partial charge on any atom is -0.306 e. The third-order valence-corrected chi connectivity index (χ3v) is 7.83. The number of nitrogens with zero attached hydrogens (tertiary/aromatic N) is 5. The quantitative estimate of drug-likeness (QED) is 0.182. The fourth-order valence-electron chi connectivity index (χ4n) is 5.90. The van der Waals surface area contributed by atoms with Gasteiger partial charge < -0.3 is 9.80 Å². The van der Waals surface area contributed by atoms with Gasteiger partial charge in [-0.1, -0.05) is 146 Å². The lowest BCUT2D eigenvalue weighted by Crippen LogP contribution is -2.23. The smallest absolute Gasteiger partial charge is 0.168 e. The second-order valence-corrected chi connectivity index (χ2v) is 10.4. The van der Waals surface area contributed by atoms with Crippen LogP contribution in [0.5, 0.6) is 0 Å². The Morgan fingerprint density at radius 1 is 0.294 bits per heavy atom. The summed E-state index contributed by atoms with van der Waals surface area (Å²) in [5.41, 5.74) is 9.74.